The predicted octanol–water partition coefficient (Wildman–Crippen LogP) is 2.64. The summed E-state index contributed by atoms with van der Waals surface area (Å²) in [6.07, 6.45) is 2.60. The van der Waals surface area contributed by atoms with Gasteiger partial charge in [0, 0.05) is 11.5 Å². The first-order valence-electron chi connectivity index (χ1n) is 4.80. The largest absolute Gasteiger partial charge is 0.507 e. The Morgan fingerprint density at radius 3 is 2.44 bits per heavy atom. The Balaban J connectivity index is 2.63. The van der Waals surface area contributed by atoms with Crippen LogP contribution in [0.1, 0.15) is 5.56 Å². The second-order valence-electron chi connectivity index (χ2n) is 3.39. The van der Waals surface area contributed by atoms with Crippen LogP contribution in [0.15, 0.2) is 42.5 Å². The van der Waals surface area contributed by atoms with Gasteiger partial charge in [-0.3, -0.25) is 0 Å². The van der Waals surface area contributed by atoms with Gasteiger partial charge in [0.2, 0.25) is 0 Å². The highest BCUT2D eigenvalue weighted by Gasteiger charge is 2.02. The highest BCUT2D eigenvalue weighted by atomic mass is 16.4. The zero-order valence-electron chi connectivity index (χ0n) is 8.42. The molecular weight excluding hydrogens is 204 g/mol. The molecule has 0 aromatic heterocycles. The highest BCUT2D eigenvalue weighted by Crippen LogP contribution is 2.27. The number of carboxylic acid groups (broad SMARTS) is 1. The van der Waals surface area contributed by atoms with Crippen LogP contribution >= 0.6 is 0 Å². The number of aromatic hydroxyl groups is 1. The Morgan fingerprint density at radius 2 is 1.75 bits per heavy atom. The molecular formula is C13H10O3. The van der Waals surface area contributed by atoms with Crippen LogP contribution in [0.4, 0.5) is 0 Å². The van der Waals surface area contributed by atoms with Crippen molar-refractivity contribution in [1.82, 2.24) is 0 Å². The maximum absolute atomic E-state index is 10.4. The molecule has 2 N–H and O–H groups in total. The van der Waals surface area contributed by atoms with Gasteiger partial charge in [-0.2, -0.15) is 0 Å². The molecule has 16 heavy (non-hydrogen) atoms. The second-order valence-corrected chi connectivity index (χ2v) is 3.39. The summed E-state index contributed by atoms with van der Waals surface area (Å²) in [6.45, 7) is 0. The molecule has 0 aliphatic carbocycles. The van der Waals surface area contributed by atoms with Crippen molar-refractivity contribution in [3.8, 4) is 5.75 Å². The molecule has 0 heterocycles. The fourth-order valence-electron chi connectivity index (χ4n) is 1.61. The fraction of sp³-hybridized carbons (Fsp3) is 0. The van der Waals surface area contributed by atoms with Crippen molar-refractivity contribution in [2.24, 2.45) is 0 Å². The third kappa shape index (κ3) is 1.88. The van der Waals surface area contributed by atoms with Crippen molar-refractivity contribution in [2.45, 2.75) is 0 Å². The smallest absolute Gasteiger partial charge is 0.328 e. The van der Waals surface area contributed by atoms with Crippen LogP contribution in [0.25, 0.3) is 16.8 Å². The number of hydrogen-bond donors (Lipinski definition) is 2. The molecule has 0 atom stereocenters. The van der Waals surface area contributed by atoms with Gasteiger partial charge in [0.1, 0.15) is 5.75 Å². The van der Waals surface area contributed by atoms with Gasteiger partial charge in [0.05, 0.1) is 0 Å². The van der Waals surface area contributed by atoms with E-state index in [0.29, 0.717) is 0 Å². The average Bonchev–Trinajstić information content (AvgIpc) is 2.28. The van der Waals surface area contributed by atoms with E-state index in [1.165, 1.54) is 6.08 Å². The zero-order valence-corrected chi connectivity index (χ0v) is 8.42. The van der Waals surface area contributed by atoms with Crippen LogP contribution in [0.5, 0.6) is 5.75 Å². The Bertz CT molecular complexity index is 570. The molecule has 3 heteroatoms. The summed E-state index contributed by atoms with van der Waals surface area (Å²) in [4.78, 5) is 10.4. The van der Waals surface area contributed by atoms with Crippen molar-refractivity contribution in [3.63, 3.8) is 0 Å². The summed E-state index contributed by atoms with van der Waals surface area (Å²) in [5.41, 5.74) is 0.774. The maximum atomic E-state index is 10.4. The van der Waals surface area contributed by atoms with Gasteiger partial charge >= 0.3 is 5.97 Å². The van der Waals surface area contributed by atoms with E-state index in [-0.39, 0.29) is 5.75 Å². The molecule has 0 saturated carbocycles. The van der Waals surface area contributed by atoms with Gasteiger partial charge in [-0.25, -0.2) is 4.79 Å². The Labute approximate surface area is 92.3 Å². The molecule has 2 aromatic carbocycles. The van der Waals surface area contributed by atoms with Crippen LogP contribution in [0.2, 0.25) is 0 Å². The third-order valence-corrected chi connectivity index (χ3v) is 2.34. The lowest BCUT2D eigenvalue weighted by Crippen LogP contribution is -1.86. The normalized spacial score (nSPS) is 11.0. The van der Waals surface area contributed by atoms with Crippen molar-refractivity contribution in [2.75, 3.05) is 0 Å². The molecule has 0 aliphatic heterocycles. The van der Waals surface area contributed by atoms with Crippen LogP contribution in [-0.4, -0.2) is 16.2 Å². The number of fused-ring (bicyclic) bond motifs is 1. The van der Waals surface area contributed by atoms with E-state index >= 15 is 0 Å². The molecule has 0 amide bonds. The van der Waals surface area contributed by atoms with E-state index in [1.54, 1.807) is 18.2 Å². The molecule has 2 aromatic rings. The van der Waals surface area contributed by atoms with E-state index in [4.69, 9.17) is 5.11 Å². The van der Waals surface area contributed by atoms with Crippen LogP contribution in [0, 0.1) is 0 Å². The molecule has 3 nitrogen and oxygen atoms in total. The molecule has 2 rings (SSSR count). The Kier molecular flexibility index (Phi) is 2.60. The molecule has 0 saturated heterocycles. The first kappa shape index (κ1) is 10.2. The van der Waals surface area contributed by atoms with E-state index in [1.807, 2.05) is 18.2 Å². The molecule has 0 fully saturated rings. The number of rotatable bonds is 2. The summed E-state index contributed by atoms with van der Waals surface area (Å²) in [6, 6.07) is 10.6. The summed E-state index contributed by atoms with van der Waals surface area (Å²) in [5, 5.41) is 19.7. The van der Waals surface area contributed by atoms with Gasteiger partial charge in [-0.1, -0.05) is 30.3 Å². The van der Waals surface area contributed by atoms with E-state index < -0.39 is 5.97 Å². The summed E-state index contributed by atoms with van der Waals surface area (Å²) in [7, 11) is 0. The molecule has 0 unspecified atom stereocenters. The minimum absolute atomic E-state index is 0.197. The molecule has 0 spiro atoms. The number of hydrogen-bond acceptors (Lipinski definition) is 2. The molecule has 80 valence electrons. The van der Waals surface area contributed by atoms with Crippen molar-refractivity contribution < 1.29 is 15.0 Å². The SMILES string of the molecule is O=C(O)/C=C\c1ccc(O)c2ccccc12. The third-order valence-electron chi connectivity index (χ3n) is 2.34. The monoisotopic (exact) mass is 214 g/mol. The minimum atomic E-state index is -0.989. The van der Waals surface area contributed by atoms with Gasteiger partial charge < -0.3 is 10.2 Å². The number of phenolic OH excluding ortho intramolecular Hbond substituents is 1. The number of carbonyl (C=O) groups is 1. The highest BCUT2D eigenvalue weighted by molar-refractivity contribution is 5.97. The second kappa shape index (κ2) is 4.06. The van der Waals surface area contributed by atoms with E-state index in [2.05, 4.69) is 0 Å². The van der Waals surface area contributed by atoms with E-state index in [0.717, 1.165) is 22.4 Å². The summed E-state index contributed by atoms with van der Waals surface area (Å²) in [5.74, 6) is -0.791. The van der Waals surface area contributed by atoms with Crippen LogP contribution in [0.3, 0.4) is 0 Å². The first-order valence-corrected chi connectivity index (χ1v) is 4.80. The number of benzene rings is 2. The quantitative estimate of drug-likeness (QED) is 0.755. The van der Waals surface area contributed by atoms with Gasteiger partial charge in [0.25, 0.3) is 0 Å². The van der Waals surface area contributed by atoms with Crippen LogP contribution in [-0.2, 0) is 4.79 Å². The number of phenols is 1. The standard InChI is InChI=1S/C13H10O3/c14-12-7-5-9(6-8-13(15)16)10-3-1-2-4-11(10)12/h1-8,14H,(H,15,16)/b8-6-. The maximum Gasteiger partial charge on any atom is 0.328 e. The zero-order chi connectivity index (χ0) is 11.5. The minimum Gasteiger partial charge on any atom is -0.507 e. The van der Waals surface area contributed by atoms with Crippen molar-refractivity contribution in [1.29, 1.82) is 0 Å². The number of aliphatic carboxylic acids is 1. The van der Waals surface area contributed by atoms with Crippen molar-refractivity contribution in [3.05, 3.63) is 48.0 Å². The van der Waals surface area contributed by atoms with Crippen LogP contribution < -0.4 is 0 Å². The lowest BCUT2D eigenvalue weighted by Gasteiger charge is -2.03. The molecule has 0 bridgehead atoms. The Morgan fingerprint density at radius 1 is 1.06 bits per heavy atom. The van der Waals surface area contributed by atoms with Gasteiger partial charge in [-0.15, -0.1) is 0 Å². The summed E-state index contributed by atoms with van der Waals surface area (Å²) < 4.78 is 0. The average molecular weight is 214 g/mol. The van der Waals surface area contributed by atoms with Gasteiger partial charge in [-0.05, 0) is 23.1 Å². The lowest BCUT2D eigenvalue weighted by atomic mass is 10.0. The summed E-state index contributed by atoms with van der Waals surface area (Å²) >= 11 is 0. The topological polar surface area (TPSA) is 57.5 Å². The van der Waals surface area contributed by atoms with E-state index in [9.17, 15) is 9.90 Å². The predicted molar refractivity (Wildman–Crippen MR) is 62.3 cm³/mol. The Hall–Kier alpha value is -2.29. The van der Waals surface area contributed by atoms with Crippen molar-refractivity contribution >= 4 is 22.8 Å². The molecule has 0 radical (unpaired) electrons. The van der Waals surface area contributed by atoms with Gasteiger partial charge in [0.15, 0.2) is 0 Å². The number of carboxylic acids is 1. The lowest BCUT2D eigenvalue weighted by molar-refractivity contribution is -0.131. The first-order chi connectivity index (χ1) is 7.68. The molecule has 0 aliphatic rings. The fourth-order valence-corrected chi connectivity index (χ4v) is 1.61.